The Balaban J connectivity index is 1.74. The van der Waals surface area contributed by atoms with Gasteiger partial charge in [-0.05, 0) is 43.9 Å². The molecule has 1 aliphatic rings. The zero-order valence-corrected chi connectivity index (χ0v) is 9.38. The SMILES string of the molecule is Cc1ccc(CNCC2(CN)CCC2)o1. The highest BCUT2D eigenvalue weighted by molar-refractivity contribution is 5.05. The summed E-state index contributed by atoms with van der Waals surface area (Å²) in [7, 11) is 0. The number of rotatable bonds is 5. The minimum Gasteiger partial charge on any atom is -0.465 e. The van der Waals surface area contributed by atoms with Gasteiger partial charge in [0.05, 0.1) is 6.54 Å². The molecule has 3 nitrogen and oxygen atoms in total. The molecule has 0 spiro atoms. The molecule has 0 unspecified atom stereocenters. The Kier molecular flexibility index (Phi) is 3.12. The number of nitrogens with two attached hydrogens (primary N) is 1. The average molecular weight is 208 g/mol. The van der Waals surface area contributed by atoms with Crippen LogP contribution in [0, 0.1) is 12.3 Å². The van der Waals surface area contributed by atoms with Gasteiger partial charge in [-0.25, -0.2) is 0 Å². The summed E-state index contributed by atoms with van der Waals surface area (Å²) in [6, 6.07) is 4.03. The first kappa shape index (κ1) is 10.7. The van der Waals surface area contributed by atoms with Gasteiger partial charge in [0.1, 0.15) is 11.5 Å². The predicted molar refractivity (Wildman–Crippen MR) is 60.5 cm³/mol. The molecule has 0 atom stereocenters. The quantitative estimate of drug-likeness (QED) is 0.776. The maximum atomic E-state index is 5.79. The van der Waals surface area contributed by atoms with Crippen LogP contribution in [0.1, 0.15) is 30.8 Å². The highest BCUT2D eigenvalue weighted by Gasteiger charge is 2.34. The van der Waals surface area contributed by atoms with Gasteiger partial charge in [0.25, 0.3) is 0 Å². The summed E-state index contributed by atoms with van der Waals surface area (Å²) >= 11 is 0. The van der Waals surface area contributed by atoms with E-state index >= 15 is 0 Å². The van der Waals surface area contributed by atoms with Crippen LogP contribution in [0.5, 0.6) is 0 Å². The van der Waals surface area contributed by atoms with Crippen LogP contribution >= 0.6 is 0 Å². The third kappa shape index (κ3) is 2.41. The molecule has 0 radical (unpaired) electrons. The van der Waals surface area contributed by atoms with Gasteiger partial charge in [0.15, 0.2) is 0 Å². The van der Waals surface area contributed by atoms with E-state index in [1.807, 2.05) is 19.1 Å². The van der Waals surface area contributed by atoms with Crippen molar-refractivity contribution in [2.75, 3.05) is 13.1 Å². The van der Waals surface area contributed by atoms with Crippen molar-refractivity contribution in [2.24, 2.45) is 11.1 Å². The lowest BCUT2D eigenvalue weighted by Gasteiger charge is -2.41. The maximum absolute atomic E-state index is 5.79. The fourth-order valence-electron chi connectivity index (χ4n) is 2.16. The molecule has 1 heterocycles. The van der Waals surface area contributed by atoms with Gasteiger partial charge in [-0.1, -0.05) is 6.42 Å². The number of hydrogen-bond donors (Lipinski definition) is 2. The van der Waals surface area contributed by atoms with Gasteiger partial charge < -0.3 is 15.5 Å². The van der Waals surface area contributed by atoms with E-state index in [0.29, 0.717) is 5.41 Å². The molecule has 1 aromatic heterocycles. The monoisotopic (exact) mass is 208 g/mol. The first-order chi connectivity index (χ1) is 7.24. The van der Waals surface area contributed by atoms with Crippen LogP contribution in [0.2, 0.25) is 0 Å². The Labute approximate surface area is 91.0 Å². The molecule has 0 amide bonds. The van der Waals surface area contributed by atoms with Gasteiger partial charge in [-0.3, -0.25) is 0 Å². The summed E-state index contributed by atoms with van der Waals surface area (Å²) in [6.45, 7) is 4.60. The second-order valence-corrected chi connectivity index (χ2v) is 4.67. The Hall–Kier alpha value is -0.800. The highest BCUT2D eigenvalue weighted by Crippen LogP contribution is 2.39. The average Bonchev–Trinajstić information content (AvgIpc) is 2.56. The van der Waals surface area contributed by atoms with Crippen molar-refractivity contribution in [3.05, 3.63) is 23.7 Å². The second kappa shape index (κ2) is 4.37. The molecule has 3 N–H and O–H groups in total. The predicted octanol–water partition coefficient (Wildman–Crippen LogP) is 1.81. The lowest BCUT2D eigenvalue weighted by molar-refractivity contribution is 0.139. The van der Waals surface area contributed by atoms with E-state index in [-0.39, 0.29) is 0 Å². The smallest absolute Gasteiger partial charge is 0.117 e. The maximum Gasteiger partial charge on any atom is 0.117 e. The van der Waals surface area contributed by atoms with Crippen LogP contribution in [0.3, 0.4) is 0 Å². The minimum atomic E-state index is 0.377. The number of nitrogens with one attached hydrogen (secondary N) is 1. The van der Waals surface area contributed by atoms with Crippen LogP contribution in [-0.4, -0.2) is 13.1 Å². The standard InChI is InChI=1S/C12H20N2O/c1-10-3-4-11(15-10)7-14-9-12(8-13)5-2-6-12/h3-4,14H,2,5-9,13H2,1H3. The minimum absolute atomic E-state index is 0.377. The Morgan fingerprint density at radius 2 is 2.27 bits per heavy atom. The van der Waals surface area contributed by atoms with Crippen molar-refractivity contribution in [1.29, 1.82) is 0 Å². The van der Waals surface area contributed by atoms with E-state index in [0.717, 1.165) is 31.2 Å². The summed E-state index contributed by atoms with van der Waals surface area (Å²) in [4.78, 5) is 0. The van der Waals surface area contributed by atoms with Crippen molar-refractivity contribution in [3.63, 3.8) is 0 Å². The van der Waals surface area contributed by atoms with Crippen LogP contribution in [0.15, 0.2) is 16.5 Å². The zero-order valence-electron chi connectivity index (χ0n) is 9.38. The van der Waals surface area contributed by atoms with E-state index in [4.69, 9.17) is 10.2 Å². The van der Waals surface area contributed by atoms with Crippen LogP contribution in [-0.2, 0) is 6.54 Å². The van der Waals surface area contributed by atoms with Crippen molar-refractivity contribution >= 4 is 0 Å². The molecule has 84 valence electrons. The third-order valence-corrected chi connectivity index (χ3v) is 3.44. The van der Waals surface area contributed by atoms with Crippen LogP contribution in [0.25, 0.3) is 0 Å². The van der Waals surface area contributed by atoms with Crippen molar-refractivity contribution in [3.8, 4) is 0 Å². The van der Waals surface area contributed by atoms with Crippen molar-refractivity contribution in [1.82, 2.24) is 5.32 Å². The van der Waals surface area contributed by atoms with Crippen LogP contribution < -0.4 is 11.1 Å². The van der Waals surface area contributed by atoms with Crippen LogP contribution in [0.4, 0.5) is 0 Å². The summed E-state index contributed by atoms with van der Waals surface area (Å²) < 4.78 is 5.49. The molecular formula is C12H20N2O. The summed E-state index contributed by atoms with van der Waals surface area (Å²) in [6.07, 6.45) is 3.88. The Morgan fingerprint density at radius 3 is 2.73 bits per heavy atom. The molecule has 0 aliphatic heterocycles. The van der Waals surface area contributed by atoms with E-state index in [9.17, 15) is 0 Å². The largest absolute Gasteiger partial charge is 0.465 e. The second-order valence-electron chi connectivity index (χ2n) is 4.67. The van der Waals surface area contributed by atoms with E-state index in [1.54, 1.807) is 0 Å². The highest BCUT2D eigenvalue weighted by atomic mass is 16.3. The van der Waals surface area contributed by atoms with E-state index < -0.39 is 0 Å². The van der Waals surface area contributed by atoms with Crippen molar-refractivity contribution < 1.29 is 4.42 Å². The normalized spacial score (nSPS) is 18.8. The molecule has 1 fully saturated rings. The molecule has 1 aromatic rings. The first-order valence-corrected chi connectivity index (χ1v) is 5.70. The molecule has 0 saturated heterocycles. The topological polar surface area (TPSA) is 51.2 Å². The van der Waals surface area contributed by atoms with Gasteiger partial charge in [0, 0.05) is 6.54 Å². The Bertz CT molecular complexity index is 310. The molecule has 0 bridgehead atoms. The fourth-order valence-corrected chi connectivity index (χ4v) is 2.16. The van der Waals surface area contributed by atoms with Gasteiger partial charge in [0.2, 0.25) is 0 Å². The third-order valence-electron chi connectivity index (χ3n) is 3.44. The molecule has 15 heavy (non-hydrogen) atoms. The molecule has 1 saturated carbocycles. The van der Waals surface area contributed by atoms with E-state index in [1.165, 1.54) is 19.3 Å². The van der Waals surface area contributed by atoms with Crippen molar-refractivity contribution in [2.45, 2.75) is 32.7 Å². The molecule has 0 aromatic carbocycles. The number of hydrogen-bond acceptors (Lipinski definition) is 3. The molecule has 3 heteroatoms. The van der Waals surface area contributed by atoms with Gasteiger partial charge >= 0.3 is 0 Å². The van der Waals surface area contributed by atoms with Gasteiger partial charge in [-0.2, -0.15) is 0 Å². The number of aryl methyl sites for hydroxylation is 1. The molecule has 2 rings (SSSR count). The fraction of sp³-hybridized carbons (Fsp3) is 0.667. The Morgan fingerprint density at radius 1 is 1.47 bits per heavy atom. The van der Waals surface area contributed by atoms with E-state index in [2.05, 4.69) is 5.32 Å². The summed E-state index contributed by atoms with van der Waals surface area (Å²) in [5, 5.41) is 3.43. The first-order valence-electron chi connectivity index (χ1n) is 5.70. The lowest BCUT2D eigenvalue weighted by atomic mass is 9.69. The summed E-state index contributed by atoms with van der Waals surface area (Å²) in [5.74, 6) is 1.99. The zero-order chi connectivity index (χ0) is 10.7. The lowest BCUT2D eigenvalue weighted by Crippen LogP contribution is -2.45. The molecule has 1 aliphatic carbocycles. The summed E-state index contributed by atoms with van der Waals surface area (Å²) in [5.41, 5.74) is 6.17. The molecular weight excluding hydrogens is 188 g/mol. The van der Waals surface area contributed by atoms with Gasteiger partial charge in [-0.15, -0.1) is 0 Å². The number of furan rings is 1.